The molecule has 1 amide bonds. The molecule has 0 aliphatic carbocycles. The Morgan fingerprint density at radius 1 is 1.10 bits per heavy atom. The lowest BCUT2D eigenvalue weighted by Crippen LogP contribution is -2.56. The second-order valence-corrected chi connectivity index (χ2v) is 10.7. The van der Waals surface area contributed by atoms with Gasteiger partial charge in [0.2, 0.25) is 0 Å². The number of nitrogens with zero attached hydrogens (tertiary/aromatic N) is 1. The molecule has 2 heterocycles. The van der Waals surface area contributed by atoms with E-state index in [-0.39, 0.29) is 24.5 Å². The van der Waals surface area contributed by atoms with Gasteiger partial charge in [-0.05, 0) is 31.4 Å². The number of carboxylic acid groups (broad SMARTS) is 1. The van der Waals surface area contributed by atoms with Gasteiger partial charge in [0.25, 0.3) is 11.9 Å². The number of methoxy groups -OCH3 is 1. The summed E-state index contributed by atoms with van der Waals surface area (Å²) >= 11 is 0. The Balaban J connectivity index is 1.82. The van der Waals surface area contributed by atoms with E-state index in [0.29, 0.717) is 5.69 Å². The van der Waals surface area contributed by atoms with E-state index in [1.54, 1.807) is 12.1 Å². The predicted molar refractivity (Wildman–Crippen MR) is 150 cm³/mol. The normalized spacial score (nSPS) is 18.9. The van der Waals surface area contributed by atoms with Crippen molar-refractivity contribution in [1.82, 2.24) is 10.3 Å². The first-order valence-corrected chi connectivity index (χ1v) is 13.6. The number of amides is 1. The van der Waals surface area contributed by atoms with Crippen molar-refractivity contribution in [3.8, 4) is 11.3 Å². The van der Waals surface area contributed by atoms with E-state index in [9.17, 15) is 34.2 Å². The summed E-state index contributed by atoms with van der Waals surface area (Å²) in [4.78, 5) is 67.6. The summed E-state index contributed by atoms with van der Waals surface area (Å²) in [6.07, 6.45) is -2.84. The number of aliphatic carboxylic acids is 1. The van der Waals surface area contributed by atoms with Crippen LogP contribution in [-0.2, 0) is 33.2 Å². The predicted octanol–water partition coefficient (Wildman–Crippen LogP) is 2.44. The Morgan fingerprint density at radius 3 is 2.38 bits per heavy atom. The number of hydrogen-bond donors (Lipinski definition) is 3. The summed E-state index contributed by atoms with van der Waals surface area (Å²) in [5.41, 5.74) is -0.866. The van der Waals surface area contributed by atoms with Gasteiger partial charge in [0, 0.05) is 17.8 Å². The van der Waals surface area contributed by atoms with Crippen LogP contribution in [0, 0.1) is 5.92 Å². The minimum atomic E-state index is -2.24. The molecule has 2 aromatic rings. The monoisotopic (exact) mass is 582 g/mol. The van der Waals surface area contributed by atoms with Crippen LogP contribution in [0.15, 0.2) is 48.5 Å². The molecule has 12 nitrogen and oxygen atoms in total. The van der Waals surface area contributed by atoms with E-state index in [4.69, 9.17) is 9.31 Å². The maximum Gasteiger partial charge on any atom is 0.531 e. The van der Waals surface area contributed by atoms with Gasteiger partial charge in [0.1, 0.15) is 11.7 Å². The molecule has 3 N–H and O–H groups in total. The SMILES string of the molecule is COC(=O)C[C@]1(C(=O)O)CC(=O)OB([C@@H](CC(=O)[C@@H](NC(=O)c2cccc(-c3ccccc3)n2)[C@@H](C)O)CC(C)C)O1. The summed E-state index contributed by atoms with van der Waals surface area (Å²) in [5, 5.41) is 22.9. The van der Waals surface area contributed by atoms with E-state index < -0.39 is 73.1 Å². The molecule has 0 spiro atoms. The Kier molecular flexibility index (Phi) is 11.0. The number of ketones is 1. The number of carboxylic acids is 1. The molecule has 0 radical (unpaired) electrons. The van der Waals surface area contributed by atoms with Crippen LogP contribution in [0.25, 0.3) is 11.3 Å². The van der Waals surface area contributed by atoms with Crippen LogP contribution in [-0.4, -0.2) is 76.8 Å². The standard InChI is InChI=1S/C29H35BN2O10/c1-17(2)13-20(30-41-25(36)16-29(42-30,28(38)39)15-24(35)40-4)14-23(34)26(18(3)33)32-27(37)22-12-8-11-21(31-22)19-9-6-5-7-10-19/h5-12,17-18,20,26,33H,13-16H2,1-4H3,(H,32,37)(H,38,39)/t18-,20-,26+,29-/m1/s1. The van der Waals surface area contributed by atoms with Gasteiger partial charge >= 0.3 is 19.1 Å². The maximum atomic E-state index is 13.5. The van der Waals surface area contributed by atoms with Crippen LogP contribution in [0.3, 0.4) is 0 Å². The first kappa shape index (κ1) is 32.4. The number of hydrogen-bond acceptors (Lipinski definition) is 10. The number of nitrogens with one attached hydrogen (secondary N) is 1. The highest BCUT2D eigenvalue weighted by atomic mass is 16.6. The second kappa shape index (κ2) is 14.2. The van der Waals surface area contributed by atoms with E-state index in [1.165, 1.54) is 13.0 Å². The van der Waals surface area contributed by atoms with Gasteiger partial charge in [-0.15, -0.1) is 0 Å². The number of rotatable bonds is 13. The van der Waals surface area contributed by atoms with Crippen LogP contribution in [0.4, 0.5) is 0 Å². The van der Waals surface area contributed by atoms with Crippen molar-refractivity contribution in [2.45, 2.75) is 70.0 Å². The minimum absolute atomic E-state index is 0.0344. The fourth-order valence-electron chi connectivity index (χ4n) is 4.79. The highest BCUT2D eigenvalue weighted by Gasteiger charge is 2.55. The average molecular weight is 582 g/mol. The van der Waals surface area contributed by atoms with Crippen LogP contribution < -0.4 is 5.32 Å². The molecule has 224 valence electrons. The molecule has 1 fully saturated rings. The lowest BCUT2D eigenvalue weighted by molar-refractivity contribution is -0.175. The lowest BCUT2D eigenvalue weighted by Gasteiger charge is -2.38. The maximum absolute atomic E-state index is 13.5. The summed E-state index contributed by atoms with van der Waals surface area (Å²) in [7, 11) is -0.401. The summed E-state index contributed by atoms with van der Waals surface area (Å²) in [6.45, 7) is 5.04. The van der Waals surface area contributed by atoms with Gasteiger partial charge < -0.3 is 29.6 Å². The van der Waals surface area contributed by atoms with Crippen molar-refractivity contribution < 1.29 is 48.2 Å². The quantitative estimate of drug-likeness (QED) is 0.233. The molecule has 1 aromatic heterocycles. The third kappa shape index (κ3) is 8.23. The average Bonchev–Trinajstić information content (AvgIpc) is 2.95. The van der Waals surface area contributed by atoms with Crippen LogP contribution >= 0.6 is 0 Å². The van der Waals surface area contributed by atoms with E-state index in [2.05, 4.69) is 15.0 Å². The third-order valence-corrected chi connectivity index (χ3v) is 6.86. The zero-order valence-electron chi connectivity index (χ0n) is 23.9. The molecule has 42 heavy (non-hydrogen) atoms. The largest absolute Gasteiger partial charge is 0.531 e. The van der Waals surface area contributed by atoms with E-state index >= 15 is 0 Å². The summed E-state index contributed by atoms with van der Waals surface area (Å²) in [5.74, 6) is -5.54. The highest BCUT2D eigenvalue weighted by Crippen LogP contribution is 2.36. The number of ether oxygens (including phenoxy) is 1. The molecule has 1 saturated heterocycles. The fraction of sp³-hybridized carbons (Fsp3) is 0.448. The van der Waals surface area contributed by atoms with Crippen LogP contribution in [0.1, 0.15) is 56.9 Å². The van der Waals surface area contributed by atoms with Gasteiger partial charge in [-0.1, -0.05) is 50.2 Å². The second-order valence-electron chi connectivity index (χ2n) is 10.7. The number of benzene rings is 1. The smallest absolute Gasteiger partial charge is 0.509 e. The van der Waals surface area contributed by atoms with Gasteiger partial charge in [0.15, 0.2) is 11.4 Å². The van der Waals surface area contributed by atoms with Gasteiger partial charge in [-0.25, -0.2) is 9.78 Å². The number of Topliss-reactive ketones (excluding diaryl/α,β-unsaturated/α-hetero) is 1. The lowest BCUT2D eigenvalue weighted by atomic mass is 9.63. The number of carbonyl (C=O) groups excluding carboxylic acids is 4. The van der Waals surface area contributed by atoms with Crippen molar-refractivity contribution in [3.05, 3.63) is 54.2 Å². The topological polar surface area (TPSA) is 178 Å². The van der Waals surface area contributed by atoms with Gasteiger partial charge in [-0.3, -0.25) is 19.2 Å². The number of aromatic nitrogens is 1. The zero-order chi connectivity index (χ0) is 31.0. The highest BCUT2D eigenvalue weighted by molar-refractivity contribution is 6.50. The Bertz CT molecular complexity index is 1300. The molecule has 0 saturated carbocycles. The van der Waals surface area contributed by atoms with Crippen LogP contribution in [0.5, 0.6) is 0 Å². The Labute approximate surface area is 243 Å². The molecule has 1 aliphatic heterocycles. The first-order valence-electron chi connectivity index (χ1n) is 13.6. The minimum Gasteiger partial charge on any atom is -0.509 e. The summed E-state index contributed by atoms with van der Waals surface area (Å²) < 4.78 is 15.7. The third-order valence-electron chi connectivity index (χ3n) is 6.86. The van der Waals surface area contributed by atoms with Crippen molar-refractivity contribution >= 4 is 36.7 Å². The van der Waals surface area contributed by atoms with Gasteiger partial charge in [-0.2, -0.15) is 0 Å². The molecule has 1 aromatic carbocycles. The zero-order valence-corrected chi connectivity index (χ0v) is 23.9. The molecular formula is C29H35BN2O10. The molecule has 3 rings (SSSR count). The van der Waals surface area contributed by atoms with Crippen molar-refractivity contribution in [1.29, 1.82) is 0 Å². The first-order chi connectivity index (χ1) is 19.8. The number of carbonyl (C=O) groups is 5. The van der Waals surface area contributed by atoms with Crippen molar-refractivity contribution in [3.63, 3.8) is 0 Å². The fourth-order valence-corrected chi connectivity index (χ4v) is 4.79. The number of aliphatic hydroxyl groups excluding tert-OH is 1. The molecule has 13 heteroatoms. The Morgan fingerprint density at radius 2 is 1.79 bits per heavy atom. The Hall–Kier alpha value is -4.10. The molecule has 0 bridgehead atoms. The molecule has 4 atom stereocenters. The molecule has 0 unspecified atom stereocenters. The van der Waals surface area contributed by atoms with Crippen LogP contribution in [0.2, 0.25) is 5.82 Å². The number of pyridine rings is 1. The van der Waals surface area contributed by atoms with E-state index in [0.717, 1.165) is 12.7 Å². The van der Waals surface area contributed by atoms with Crippen molar-refractivity contribution in [2.24, 2.45) is 5.92 Å². The number of aliphatic hydroxyl groups is 1. The molecular weight excluding hydrogens is 547 g/mol. The molecule has 1 aliphatic rings. The van der Waals surface area contributed by atoms with Crippen molar-refractivity contribution in [2.75, 3.05) is 7.11 Å². The van der Waals surface area contributed by atoms with Gasteiger partial charge in [0.05, 0.1) is 31.7 Å². The summed E-state index contributed by atoms with van der Waals surface area (Å²) in [6, 6.07) is 12.7. The van der Waals surface area contributed by atoms with E-state index in [1.807, 2.05) is 44.2 Å². The number of esters is 1.